The second-order valence-corrected chi connectivity index (χ2v) is 6.50. The van der Waals surface area contributed by atoms with Crippen LogP contribution < -0.4 is 4.90 Å². The number of aromatic nitrogens is 1. The van der Waals surface area contributed by atoms with E-state index >= 15 is 0 Å². The van der Waals surface area contributed by atoms with Gasteiger partial charge in [-0.1, -0.05) is 18.2 Å². The Labute approximate surface area is 141 Å². The summed E-state index contributed by atoms with van der Waals surface area (Å²) in [5.41, 5.74) is 1.91. The van der Waals surface area contributed by atoms with Crippen LogP contribution in [0.5, 0.6) is 0 Å². The first kappa shape index (κ1) is 15.2. The molecule has 24 heavy (non-hydrogen) atoms. The molecule has 0 saturated carbocycles. The molecule has 1 fully saturated rings. The van der Waals surface area contributed by atoms with E-state index in [9.17, 15) is 0 Å². The van der Waals surface area contributed by atoms with E-state index in [0.29, 0.717) is 12.5 Å². The van der Waals surface area contributed by atoms with Gasteiger partial charge >= 0.3 is 0 Å². The summed E-state index contributed by atoms with van der Waals surface area (Å²) in [4.78, 5) is 6.97. The highest BCUT2D eigenvalue weighted by atomic mass is 16.3. The fourth-order valence-electron chi connectivity index (χ4n) is 3.48. The number of fused-ring (bicyclic) bond motifs is 1. The Hall–Kier alpha value is -2.33. The number of benzene rings is 1. The lowest BCUT2D eigenvalue weighted by atomic mass is 9.94. The summed E-state index contributed by atoms with van der Waals surface area (Å²) in [7, 11) is 0. The average Bonchev–Trinajstić information content (AvgIpc) is 3.07. The van der Waals surface area contributed by atoms with Gasteiger partial charge in [0.1, 0.15) is 17.2 Å². The van der Waals surface area contributed by atoms with Crippen molar-refractivity contribution >= 4 is 16.8 Å². The van der Waals surface area contributed by atoms with Crippen LogP contribution >= 0.6 is 0 Å². The first-order valence-corrected chi connectivity index (χ1v) is 8.64. The van der Waals surface area contributed by atoms with Gasteiger partial charge in [-0.15, -0.1) is 0 Å². The maximum absolute atomic E-state index is 9.06. The minimum Gasteiger partial charge on any atom is -0.456 e. The third-order valence-electron chi connectivity index (χ3n) is 4.93. The molecule has 1 aromatic carbocycles. The second kappa shape index (κ2) is 6.65. The highest BCUT2D eigenvalue weighted by Gasteiger charge is 2.19. The minimum atomic E-state index is 0.301. The minimum absolute atomic E-state index is 0.301. The predicted octanol–water partition coefficient (Wildman–Crippen LogP) is 4.09. The van der Waals surface area contributed by atoms with E-state index in [2.05, 4.69) is 34.1 Å². The Balaban J connectivity index is 1.49. The molecule has 0 amide bonds. The van der Waals surface area contributed by atoms with E-state index in [1.165, 1.54) is 0 Å². The molecule has 4 rings (SSSR count). The first-order chi connectivity index (χ1) is 11.8. The van der Waals surface area contributed by atoms with Crippen molar-refractivity contribution in [2.75, 3.05) is 24.6 Å². The molecule has 4 heteroatoms. The summed E-state index contributed by atoms with van der Waals surface area (Å²) in [5, 5.41) is 10.2. The summed E-state index contributed by atoms with van der Waals surface area (Å²) in [6.45, 7) is 2.33. The van der Waals surface area contributed by atoms with Crippen LogP contribution in [0.2, 0.25) is 0 Å². The highest BCUT2D eigenvalue weighted by Crippen LogP contribution is 2.29. The lowest BCUT2D eigenvalue weighted by Crippen LogP contribution is -2.34. The van der Waals surface area contributed by atoms with Crippen LogP contribution in [0.1, 0.15) is 19.3 Å². The number of aliphatic hydroxyl groups excluding tert-OH is 1. The molecule has 0 bridgehead atoms. The molecule has 3 heterocycles. The maximum Gasteiger partial charge on any atom is 0.136 e. The summed E-state index contributed by atoms with van der Waals surface area (Å²) < 4.78 is 5.90. The molecule has 0 atom stereocenters. The molecule has 3 aromatic rings. The summed E-state index contributed by atoms with van der Waals surface area (Å²) in [6.07, 6.45) is 5.08. The number of furan rings is 1. The normalized spacial score (nSPS) is 16.0. The fraction of sp³-hybridized carbons (Fsp3) is 0.350. The lowest BCUT2D eigenvalue weighted by Gasteiger charge is -2.32. The molecule has 1 aliphatic heterocycles. The van der Waals surface area contributed by atoms with Gasteiger partial charge in [-0.2, -0.15) is 0 Å². The van der Waals surface area contributed by atoms with Gasteiger partial charge in [0, 0.05) is 36.8 Å². The smallest absolute Gasteiger partial charge is 0.136 e. The summed E-state index contributed by atoms with van der Waals surface area (Å²) in [5.74, 6) is 2.54. The Morgan fingerprint density at radius 2 is 1.96 bits per heavy atom. The van der Waals surface area contributed by atoms with Gasteiger partial charge in [0.25, 0.3) is 0 Å². The number of hydrogen-bond donors (Lipinski definition) is 1. The van der Waals surface area contributed by atoms with E-state index in [1.807, 2.05) is 24.4 Å². The number of aliphatic hydroxyl groups is 1. The molecule has 1 saturated heterocycles. The average molecular weight is 322 g/mol. The van der Waals surface area contributed by atoms with E-state index in [4.69, 9.17) is 9.52 Å². The highest BCUT2D eigenvalue weighted by molar-refractivity contribution is 5.82. The van der Waals surface area contributed by atoms with Crippen LogP contribution in [-0.4, -0.2) is 29.8 Å². The molecule has 4 nitrogen and oxygen atoms in total. The van der Waals surface area contributed by atoms with E-state index in [0.717, 1.165) is 60.5 Å². The van der Waals surface area contributed by atoms with E-state index < -0.39 is 0 Å². The molecule has 0 spiro atoms. The quantitative estimate of drug-likeness (QED) is 0.786. The zero-order chi connectivity index (χ0) is 16.4. The van der Waals surface area contributed by atoms with Gasteiger partial charge in [0.15, 0.2) is 0 Å². The molecule has 124 valence electrons. The molecular formula is C20H22N2O2. The Kier molecular flexibility index (Phi) is 4.22. The van der Waals surface area contributed by atoms with Crippen LogP contribution in [0, 0.1) is 5.92 Å². The molecule has 0 aliphatic carbocycles. The fourth-order valence-corrected chi connectivity index (χ4v) is 3.48. The second-order valence-electron chi connectivity index (χ2n) is 6.50. The Bertz CT molecular complexity index is 769. The van der Waals surface area contributed by atoms with Crippen LogP contribution in [0.3, 0.4) is 0 Å². The van der Waals surface area contributed by atoms with Crippen molar-refractivity contribution in [3.63, 3.8) is 0 Å². The van der Waals surface area contributed by atoms with Crippen LogP contribution in [0.25, 0.3) is 22.3 Å². The third-order valence-corrected chi connectivity index (χ3v) is 4.93. The monoisotopic (exact) mass is 322 g/mol. The molecule has 1 N–H and O–H groups in total. The zero-order valence-corrected chi connectivity index (χ0v) is 13.7. The Morgan fingerprint density at radius 1 is 1.12 bits per heavy atom. The molecular weight excluding hydrogens is 300 g/mol. The van der Waals surface area contributed by atoms with Gasteiger partial charge in [0.2, 0.25) is 0 Å². The standard InChI is InChI=1S/C20H22N2O2/c23-12-9-15-7-10-22(11-8-15)20-6-5-17(14-21-20)19-13-16-3-1-2-4-18(16)24-19/h1-6,13-15,23H,7-12H2. The van der Waals surface area contributed by atoms with Crippen molar-refractivity contribution in [1.29, 1.82) is 0 Å². The van der Waals surface area contributed by atoms with E-state index in [1.54, 1.807) is 0 Å². The largest absolute Gasteiger partial charge is 0.456 e. The summed E-state index contributed by atoms with van der Waals surface area (Å²) >= 11 is 0. The van der Waals surface area contributed by atoms with Crippen molar-refractivity contribution in [3.8, 4) is 11.3 Å². The molecule has 1 aliphatic rings. The van der Waals surface area contributed by atoms with Crippen LogP contribution in [0.4, 0.5) is 5.82 Å². The van der Waals surface area contributed by atoms with E-state index in [-0.39, 0.29) is 0 Å². The summed E-state index contributed by atoms with van der Waals surface area (Å²) in [6, 6.07) is 14.3. The van der Waals surface area contributed by atoms with Crippen molar-refractivity contribution < 1.29 is 9.52 Å². The number of rotatable bonds is 4. The Morgan fingerprint density at radius 3 is 2.67 bits per heavy atom. The van der Waals surface area contributed by atoms with Gasteiger partial charge < -0.3 is 14.4 Å². The number of para-hydroxylation sites is 1. The number of hydrogen-bond acceptors (Lipinski definition) is 4. The SMILES string of the molecule is OCCC1CCN(c2ccc(-c3cc4ccccc4o3)cn2)CC1. The van der Waals surface area contributed by atoms with Gasteiger partial charge in [-0.05, 0) is 49.4 Å². The number of nitrogens with zero attached hydrogens (tertiary/aromatic N) is 2. The topological polar surface area (TPSA) is 49.5 Å². The third kappa shape index (κ3) is 3.02. The maximum atomic E-state index is 9.06. The van der Waals surface area contributed by atoms with Crippen LogP contribution in [0.15, 0.2) is 53.1 Å². The van der Waals surface area contributed by atoms with Crippen molar-refractivity contribution in [2.45, 2.75) is 19.3 Å². The van der Waals surface area contributed by atoms with Gasteiger partial charge in [-0.3, -0.25) is 0 Å². The molecule has 0 unspecified atom stereocenters. The van der Waals surface area contributed by atoms with Crippen molar-refractivity contribution in [2.24, 2.45) is 5.92 Å². The zero-order valence-electron chi connectivity index (χ0n) is 13.7. The lowest BCUT2D eigenvalue weighted by molar-refractivity contribution is 0.240. The number of pyridine rings is 1. The molecule has 0 radical (unpaired) electrons. The molecule has 2 aromatic heterocycles. The van der Waals surface area contributed by atoms with Gasteiger partial charge in [-0.25, -0.2) is 4.98 Å². The van der Waals surface area contributed by atoms with Crippen molar-refractivity contribution in [1.82, 2.24) is 4.98 Å². The number of anilines is 1. The predicted molar refractivity (Wildman–Crippen MR) is 96.1 cm³/mol. The first-order valence-electron chi connectivity index (χ1n) is 8.64. The van der Waals surface area contributed by atoms with Gasteiger partial charge in [0.05, 0.1) is 0 Å². The number of piperidine rings is 1. The van der Waals surface area contributed by atoms with Crippen LogP contribution in [-0.2, 0) is 0 Å². The van der Waals surface area contributed by atoms with Crippen molar-refractivity contribution in [3.05, 3.63) is 48.7 Å².